The lowest BCUT2D eigenvalue weighted by molar-refractivity contribution is 0.477. The highest BCUT2D eigenvalue weighted by molar-refractivity contribution is 5.71. The molecule has 1 N–H and O–H groups in total. The van der Waals surface area contributed by atoms with Crippen molar-refractivity contribution < 1.29 is 5.11 Å². The van der Waals surface area contributed by atoms with Gasteiger partial charge in [-0.05, 0) is 37.1 Å². The maximum absolute atomic E-state index is 10.2. The minimum absolute atomic E-state index is 0.195. The van der Waals surface area contributed by atoms with Gasteiger partial charge in [-0.25, -0.2) is 4.68 Å². The Bertz CT molecular complexity index is 759. The van der Waals surface area contributed by atoms with E-state index >= 15 is 0 Å². The molecule has 0 saturated heterocycles. The van der Waals surface area contributed by atoms with E-state index in [0.717, 1.165) is 28.1 Å². The average Bonchev–Trinajstić information content (AvgIpc) is 2.81. The van der Waals surface area contributed by atoms with E-state index in [4.69, 9.17) is 0 Å². The monoisotopic (exact) mass is 264 g/mol. The van der Waals surface area contributed by atoms with Gasteiger partial charge in [0.25, 0.3) is 0 Å². The maximum atomic E-state index is 10.2. The summed E-state index contributed by atoms with van der Waals surface area (Å²) in [5, 5.41) is 14.5. The second-order valence-electron chi connectivity index (χ2n) is 4.94. The van der Waals surface area contributed by atoms with Gasteiger partial charge in [0.2, 0.25) is 0 Å². The molecular formula is C17H16N2O. The van der Waals surface area contributed by atoms with E-state index in [-0.39, 0.29) is 5.75 Å². The zero-order valence-corrected chi connectivity index (χ0v) is 11.5. The predicted octanol–water partition coefficient (Wildman–Crippen LogP) is 3.86. The van der Waals surface area contributed by atoms with Gasteiger partial charge in [-0.1, -0.05) is 36.4 Å². The molecule has 20 heavy (non-hydrogen) atoms. The van der Waals surface area contributed by atoms with Crippen LogP contribution >= 0.6 is 0 Å². The summed E-state index contributed by atoms with van der Waals surface area (Å²) in [6.07, 6.45) is 1.49. The second kappa shape index (κ2) is 4.85. The van der Waals surface area contributed by atoms with Crippen LogP contribution in [0.15, 0.2) is 54.7 Å². The van der Waals surface area contributed by atoms with E-state index in [0.29, 0.717) is 0 Å². The van der Waals surface area contributed by atoms with Gasteiger partial charge >= 0.3 is 0 Å². The lowest BCUT2D eigenvalue weighted by Crippen LogP contribution is -2.00. The zero-order valence-electron chi connectivity index (χ0n) is 11.5. The van der Waals surface area contributed by atoms with Crippen LogP contribution in [-0.2, 0) is 0 Å². The van der Waals surface area contributed by atoms with Crippen molar-refractivity contribution >= 4 is 0 Å². The zero-order chi connectivity index (χ0) is 14.1. The molecule has 0 aliphatic rings. The fourth-order valence-electron chi connectivity index (χ4n) is 2.39. The SMILES string of the molecule is Cc1cccc(-n2ncc(O)c2-c2ccccc2C)c1. The molecule has 100 valence electrons. The minimum atomic E-state index is 0.195. The Labute approximate surface area is 118 Å². The summed E-state index contributed by atoms with van der Waals surface area (Å²) in [5.74, 6) is 0.195. The molecule has 3 aromatic rings. The molecule has 0 aliphatic heterocycles. The van der Waals surface area contributed by atoms with Crippen LogP contribution in [0.2, 0.25) is 0 Å². The number of nitrogens with zero attached hydrogens (tertiary/aromatic N) is 2. The molecule has 3 heteroatoms. The summed E-state index contributed by atoms with van der Waals surface area (Å²) >= 11 is 0. The lowest BCUT2D eigenvalue weighted by atomic mass is 10.1. The molecule has 0 spiro atoms. The number of rotatable bonds is 2. The first-order chi connectivity index (χ1) is 9.66. The van der Waals surface area contributed by atoms with Gasteiger partial charge in [-0.3, -0.25) is 0 Å². The quantitative estimate of drug-likeness (QED) is 0.763. The molecule has 2 aromatic carbocycles. The third-order valence-corrected chi connectivity index (χ3v) is 3.40. The van der Waals surface area contributed by atoms with E-state index < -0.39 is 0 Å². The van der Waals surface area contributed by atoms with Gasteiger partial charge in [-0.2, -0.15) is 5.10 Å². The van der Waals surface area contributed by atoms with Gasteiger partial charge in [-0.15, -0.1) is 0 Å². The summed E-state index contributed by atoms with van der Waals surface area (Å²) in [6, 6.07) is 16.1. The first-order valence-electron chi connectivity index (χ1n) is 6.57. The first-order valence-corrected chi connectivity index (χ1v) is 6.57. The highest BCUT2D eigenvalue weighted by atomic mass is 16.3. The maximum Gasteiger partial charge on any atom is 0.162 e. The number of aromatic nitrogens is 2. The topological polar surface area (TPSA) is 38.0 Å². The molecule has 0 saturated carbocycles. The molecule has 0 bridgehead atoms. The van der Waals surface area contributed by atoms with Crippen molar-refractivity contribution in [2.45, 2.75) is 13.8 Å². The molecule has 1 aromatic heterocycles. The Kier molecular flexibility index (Phi) is 3.03. The molecule has 1 heterocycles. The van der Waals surface area contributed by atoms with Crippen molar-refractivity contribution in [2.75, 3.05) is 0 Å². The van der Waals surface area contributed by atoms with Crippen LogP contribution < -0.4 is 0 Å². The van der Waals surface area contributed by atoms with Crippen LogP contribution in [0, 0.1) is 13.8 Å². The smallest absolute Gasteiger partial charge is 0.162 e. The fourth-order valence-corrected chi connectivity index (χ4v) is 2.39. The normalized spacial score (nSPS) is 10.7. The Morgan fingerprint density at radius 3 is 2.55 bits per heavy atom. The van der Waals surface area contributed by atoms with Gasteiger partial charge in [0.15, 0.2) is 5.75 Å². The van der Waals surface area contributed by atoms with Crippen molar-refractivity contribution in [1.82, 2.24) is 9.78 Å². The summed E-state index contributed by atoms with van der Waals surface area (Å²) in [4.78, 5) is 0. The van der Waals surface area contributed by atoms with Crippen molar-refractivity contribution in [3.8, 4) is 22.7 Å². The molecule has 0 fully saturated rings. The predicted molar refractivity (Wildman–Crippen MR) is 80.1 cm³/mol. The molecule has 0 aliphatic carbocycles. The molecule has 0 amide bonds. The van der Waals surface area contributed by atoms with E-state index in [2.05, 4.69) is 5.10 Å². The number of aryl methyl sites for hydroxylation is 2. The molecule has 3 rings (SSSR count). The summed E-state index contributed by atoms with van der Waals surface area (Å²) in [7, 11) is 0. The molecule has 3 nitrogen and oxygen atoms in total. The van der Waals surface area contributed by atoms with Crippen LogP contribution in [0.3, 0.4) is 0 Å². The number of benzene rings is 2. The average molecular weight is 264 g/mol. The van der Waals surface area contributed by atoms with Crippen LogP contribution in [-0.4, -0.2) is 14.9 Å². The van der Waals surface area contributed by atoms with E-state index in [1.54, 1.807) is 4.68 Å². The summed E-state index contributed by atoms with van der Waals surface area (Å²) in [6.45, 7) is 4.07. The van der Waals surface area contributed by atoms with Gasteiger partial charge in [0.05, 0.1) is 11.9 Å². The highest BCUT2D eigenvalue weighted by Gasteiger charge is 2.15. The Morgan fingerprint density at radius 1 is 1.00 bits per heavy atom. The van der Waals surface area contributed by atoms with Crippen molar-refractivity contribution in [1.29, 1.82) is 0 Å². The Balaban J connectivity index is 2.23. The van der Waals surface area contributed by atoms with E-state index in [9.17, 15) is 5.11 Å². The number of hydrogen-bond acceptors (Lipinski definition) is 2. The highest BCUT2D eigenvalue weighted by Crippen LogP contribution is 2.33. The number of aromatic hydroxyl groups is 1. The Morgan fingerprint density at radius 2 is 1.80 bits per heavy atom. The summed E-state index contributed by atoms with van der Waals surface area (Å²) < 4.78 is 1.78. The largest absolute Gasteiger partial charge is 0.504 e. The molecular weight excluding hydrogens is 248 g/mol. The second-order valence-corrected chi connectivity index (χ2v) is 4.94. The fraction of sp³-hybridized carbons (Fsp3) is 0.118. The van der Waals surface area contributed by atoms with Crippen molar-refractivity contribution in [3.63, 3.8) is 0 Å². The van der Waals surface area contributed by atoms with Gasteiger partial charge < -0.3 is 5.11 Å². The third kappa shape index (κ3) is 2.07. The third-order valence-electron chi connectivity index (χ3n) is 3.40. The van der Waals surface area contributed by atoms with Crippen LogP contribution in [0.25, 0.3) is 16.9 Å². The standard InChI is InChI=1S/C17H16N2O/c1-12-6-5-8-14(10-12)19-17(16(20)11-18-19)15-9-4-3-7-13(15)2/h3-11,20H,1-2H3. The molecule has 0 atom stereocenters. The lowest BCUT2D eigenvalue weighted by Gasteiger charge is -2.10. The Hall–Kier alpha value is -2.55. The van der Waals surface area contributed by atoms with E-state index in [1.807, 2.05) is 62.4 Å². The first kappa shape index (κ1) is 12.5. The van der Waals surface area contributed by atoms with Crippen LogP contribution in [0.4, 0.5) is 0 Å². The van der Waals surface area contributed by atoms with Crippen LogP contribution in [0.5, 0.6) is 5.75 Å². The minimum Gasteiger partial charge on any atom is -0.504 e. The van der Waals surface area contributed by atoms with Gasteiger partial charge in [0.1, 0.15) is 5.69 Å². The molecule has 0 radical (unpaired) electrons. The molecule has 0 unspecified atom stereocenters. The van der Waals surface area contributed by atoms with Crippen LogP contribution in [0.1, 0.15) is 11.1 Å². The van der Waals surface area contributed by atoms with Gasteiger partial charge in [0, 0.05) is 5.56 Å². The van der Waals surface area contributed by atoms with E-state index in [1.165, 1.54) is 6.20 Å². The van der Waals surface area contributed by atoms with Crippen molar-refractivity contribution in [2.24, 2.45) is 0 Å². The van der Waals surface area contributed by atoms with Crippen molar-refractivity contribution in [3.05, 3.63) is 65.9 Å². The number of hydrogen-bond donors (Lipinski definition) is 1. The summed E-state index contributed by atoms with van der Waals surface area (Å²) in [5.41, 5.74) is 4.94.